The topological polar surface area (TPSA) is 234 Å². The Morgan fingerprint density at radius 2 is 1.50 bits per heavy atom. The Balaban J connectivity index is 2.91. The van der Waals surface area contributed by atoms with Crippen molar-refractivity contribution in [2.75, 3.05) is 6.61 Å². The SMILES string of the molecule is CC(NC(=O)C(Cc1ccc(O)cc1)NC(=O)C(N)CO)C(=O)NC(CC(N)=O)C(=O)O. The van der Waals surface area contributed by atoms with Gasteiger partial charge in [-0.15, -0.1) is 0 Å². The van der Waals surface area contributed by atoms with E-state index >= 15 is 0 Å². The molecule has 4 amide bonds. The summed E-state index contributed by atoms with van der Waals surface area (Å²) in [6.07, 6.45) is -0.676. The summed E-state index contributed by atoms with van der Waals surface area (Å²) >= 11 is 0. The molecule has 0 fully saturated rings. The normalized spacial score (nSPS) is 14.3. The Morgan fingerprint density at radius 1 is 0.938 bits per heavy atom. The molecule has 4 unspecified atom stereocenters. The first-order valence-corrected chi connectivity index (χ1v) is 9.51. The van der Waals surface area contributed by atoms with Crippen molar-refractivity contribution in [3.05, 3.63) is 29.8 Å². The first-order chi connectivity index (χ1) is 14.9. The average molecular weight is 453 g/mol. The minimum atomic E-state index is -1.57. The molecule has 1 aromatic rings. The summed E-state index contributed by atoms with van der Waals surface area (Å²) in [5.74, 6) is -4.92. The number of aliphatic hydroxyl groups is 1. The van der Waals surface area contributed by atoms with Crippen LogP contribution in [0.5, 0.6) is 5.75 Å². The van der Waals surface area contributed by atoms with Gasteiger partial charge in [0.2, 0.25) is 23.6 Å². The largest absolute Gasteiger partial charge is 0.508 e. The Morgan fingerprint density at radius 3 is 2.00 bits per heavy atom. The van der Waals surface area contributed by atoms with Gasteiger partial charge in [-0.05, 0) is 24.6 Å². The summed E-state index contributed by atoms with van der Waals surface area (Å²) in [6.45, 7) is 0.615. The molecule has 176 valence electrons. The molecule has 13 heteroatoms. The number of rotatable bonds is 12. The number of aromatic hydroxyl groups is 1. The van der Waals surface area contributed by atoms with E-state index in [4.69, 9.17) is 21.7 Å². The molecule has 1 rings (SSSR count). The number of aliphatic hydroxyl groups excluding tert-OH is 1. The fraction of sp³-hybridized carbons (Fsp3) is 0.421. The monoisotopic (exact) mass is 453 g/mol. The predicted octanol–water partition coefficient (Wildman–Crippen LogP) is -3.31. The maximum atomic E-state index is 12.7. The van der Waals surface area contributed by atoms with Crippen LogP contribution in [-0.4, -0.2) is 75.7 Å². The second-order valence-corrected chi connectivity index (χ2v) is 7.02. The predicted molar refractivity (Wildman–Crippen MR) is 110 cm³/mol. The van der Waals surface area contributed by atoms with Crippen LogP contribution < -0.4 is 27.4 Å². The smallest absolute Gasteiger partial charge is 0.326 e. The highest BCUT2D eigenvalue weighted by atomic mass is 16.4. The number of phenols is 1. The van der Waals surface area contributed by atoms with Crippen LogP contribution in [0, 0.1) is 0 Å². The van der Waals surface area contributed by atoms with Crippen LogP contribution in [0.1, 0.15) is 18.9 Å². The lowest BCUT2D eigenvalue weighted by molar-refractivity contribution is -0.143. The number of hydrogen-bond acceptors (Lipinski definition) is 8. The first kappa shape index (κ1) is 26.3. The van der Waals surface area contributed by atoms with Gasteiger partial charge in [-0.3, -0.25) is 19.2 Å². The Hall–Kier alpha value is -3.71. The summed E-state index contributed by atoms with van der Waals surface area (Å²) in [5.41, 5.74) is 11.0. The number of carbonyl (C=O) groups is 5. The van der Waals surface area contributed by atoms with Crippen LogP contribution in [-0.2, 0) is 30.4 Å². The van der Waals surface area contributed by atoms with E-state index in [2.05, 4.69) is 16.0 Å². The zero-order valence-corrected chi connectivity index (χ0v) is 17.3. The van der Waals surface area contributed by atoms with Gasteiger partial charge < -0.3 is 42.7 Å². The van der Waals surface area contributed by atoms with Crippen LogP contribution in [0.3, 0.4) is 0 Å². The maximum Gasteiger partial charge on any atom is 0.326 e. The standard InChI is InChI=1S/C19H27N5O8/c1-9(16(28)24-14(19(31)32)7-15(21)27)22-18(30)13(23-17(29)12(20)8-25)6-10-2-4-11(26)5-3-10/h2-5,9,12-14,25-26H,6-8,20H2,1H3,(H2,21,27)(H,22,30)(H,23,29)(H,24,28)(H,31,32). The lowest BCUT2D eigenvalue weighted by Gasteiger charge is -2.23. The summed E-state index contributed by atoms with van der Waals surface area (Å²) in [5, 5.41) is 34.3. The molecule has 0 aromatic heterocycles. The molecule has 0 radical (unpaired) electrons. The number of carboxylic acid groups (broad SMARTS) is 1. The van der Waals surface area contributed by atoms with Crippen molar-refractivity contribution in [1.82, 2.24) is 16.0 Å². The summed E-state index contributed by atoms with van der Waals surface area (Å²) in [6, 6.07) is 0.504. The first-order valence-electron chi connectivity index (χ1n) is 9.51. The highest BCUT2D eigenvalue weighted by Gasteiger charge is 2.29. The van der Waals surface area contributed by atoms with Gasteiger partial charge in [0.1, 0.15) is 29.9 Å². The van der Waals surface area contributed by atoms with Gasteiger partial charge in [-0.25, -0.2) is 4.79 Å². The summed E-state index contributed by atoms with van der Waals surface area (Å²) < 4.78 is 0. The molecule has 0 saturated heterocycles. The van der Waals surface area contributed by atoms with Crippen LogP contribution in [0.2, 0.25) is 0 Å². The van der Waals surface area contributed by atoms with Gasteiger partial charge in [0.15, 0.2) is 0 Å². The van der Waals surface area contributed by atoms with E-state index in [1.54, 1.807) is 0 Å². The zero-order valence-electron chi connectivity index (χ0n) is 17.3. The number of benzene rings is 1. The van der Waals surface area contributed by atoms with Gasteiger partial charge in [-0.2, -0.15) is 0 Å². The highest BCUT2D eigenvalue weighted by Crippen LogP contribution is 2.11. The molecule has 1 aromatic carbocycles. The van der Waals surface area contributed by atoms with E-state index in [-0.39, 0.29) is 12.2 Å². The molecule has 10 N–H and O–H groups in total. The van der Waals surface area contributed by atoms with Crippen molar-refractivity contribution in [2.24, 2.45) is 11.5 Å². The third-order valence-electron chi connectivity index (χ3n) is 4.31. The van der Waals surface area contributed by atoms with E-state index in [9.17, 15) is 29.1 Å². The minimum absolute atomic E-state index is 0.00433. The van der Waals surface area contributed by atoms with Crippen LogP contribution >= 0.6 is 0 Å². The van der Waals surface area contributed by atoms with E-state index in [1.807, 2.05) is 0 Å². The van der Waals surface area contributed by atoms with Gasteiger partial charge in [0.05, 0.1) is 13.0 Å². The third kappa shape index (κ3) is 8.57. The second-order valence-electron chi connectivity index (χ2n) is 7.02. The minimum Gasteiger partial charge on any atom is -0.508 e. The molecule has 0 aliphatic heterocycles. The summed E-state index contributed by atoms with van der Waals surface area (Å²) in [7, 11) is 0. The van der Waals surface area contributed by atoms with Crippen molar-refractivity contribution in [1.29, 1.82) is 0 Å². The van der Waals surface area contributed by atoms with Crippen molar-refractivity contribution < 1.29 is 39.3 Å². The zero-order chi connectivity index (χ0) is 24.4. The van der Waals surface area contributed by atoms with Crippen molar-refractivity contribution in [3.8, 4) is 5.75 Å². The average Bonchev–Trinajstić information content (AvgIpc) is 2.72. The fourth-order valence-corrected chi connectivity index (χ4v) is 2.52. The van der Waals surface area contributed by atoms with E-state index in [1.165, 1.54) is 31.2 Å². The van der Waals surface area contributed by atoms with Gasteiger partial charge in [-0.1, -0.05) is 12.1 Å². The number of amides is 4. The lowest BCUT2D eigenvalue weighted by atomic mass is 10.0. The molecule has 13 nitrogen and oxygen atoms in total. The molecule has 0 spiro atoms. The molecule has 4 atom stereocenters. The van der Waals surface area contributed by atoms with Crippen LogP contribution in [0.25, 0.3) is 0 Å². The number of nitrogens with two attached hydrogens (primary N) is 2. The lowest BCUT2D eigenvalue weighted by Crippen LogP contribution is -2.57. The van der Waals surface area contributed by atoms with Crippen molar-refractivity contribution in [2.45, 2.75) is 43.9 Å². The fourth-order valence-electron chi connectivity index (χ4n) is 2.52. The maximum absolute atomic E-state index is 12.7. The molecular formula is C19H27N5O8. The number of nitrogens with one attached hydrogen (secondary N) is 3. The van der Waals surface area contributed by atoms with E-state index < -0.39 is 66.8 Å². The number of carboxylic acids is 1. The van der Waals surface area contributed by atoms with Crippen LogP contribution in [0.15, 0.2) is 24.3 Å². The molecule has 0 saturated carbocycles. The second kappa shape index (κ2) is 12.2. The number of hydrogen-bond donors (Lipinski definition) is 8. The Bertz CT molecular complexity index is 845. The van der Waals surface area contributed by atoms with Gasteiger partial charge in [0.25, 0.3) is 0 Å². The number of phenolic OH excluding ortho intramolecular Hbond substituents is 1. The Labute approximate surface area is 183 Å². The van der Waals surface area contributed by atoms with Gasteiger partial charge in [0, 0.05) is 6.42 Å². The molecule has 0 bridgehead atoms. The molecule has 0 heterocycles. The van der Waals surface area contributed by atoms with E-state index in [0.29, 0.717) is 5.56 Å². The van der Waals surface area contributed by atoms with Crippen molar-refractivity contribution >= 4 is 29.6 Å². The number of aliphatic carboxylic acids is 1. The molecule has 0 aliphatic carbocycles. The number of primary amides is 1. The molecule has 0 aliphatic rings. The summed E-state index contributed by atoms with van der Waals surface area (Å²) in [4.78, 5) is 59.2. The third-order valence-corrected chi connectivity index (χ3v) is 4.31. The number of carbonyl (C=O) groups excluding carboxylic acids is 4. The van der Waals surface area contributed by atoms with Gasteiger partial charge >= 0.3 is 5.97 Å². The quantitative estimate of drug-likeness (QED) is 0.158. The molecule has 32 heavy (non-hydrogen) atoms. The van der Waals surface area contributed by atoms with E-state index in [0.717, 1.165) is 0 Å². The van der Waals surface area contributed by atoms with Crippen LogP contribution in [0.4, 0.5) is 0 Å². The Kier molecular flexibility index (Phi) is 10.1. The van der Waals surface area contributed by atoms with Crippen molar-refractivity contribution in [3.63, 3.8) is 0 Å². The molecular weight excluding hydrogens is 426 g/mol. The highest BCUT2D eigenvalue weighted by molar-refractivity contribution is 5.94.